The van der Waals surface area contributed by atoms with E-state index >= 15 is 0 Å². The maximum absolute atomic E-state index is 12.4. The summed E-state index contributed by atoms with van der Waals surface area (Å²) in [6, 6.07) is 8.25. The van der Waals surface area contributed by atoms with Gasteiger partial charge in [0.05, 0.1) is 23.9 Å². The van der Waals surface area contributed by atoms with Crippen molar-refractivity contribution in [3.8, 4) is 5.75 Å². The fourth-order valence-electron chi connectivity index (χ4n) is 2.14. The molecular formula is C17H16ClN3O3. The highest BCUT2D eigenvalue weighted by Crippen LogP contribution is 2.25. The predicted octanol–water partition coefficient (Wildman–Crippen LogP) is 2.89. The third-order valence-electron chi connectivity index (χ3n) is 3.62. The van der Waals surface area contributed by atoms with Gasteiger partial charge in [-0.2, -0.15) is 0 Å². The van der Waals surface area contributed by atoms with Crippen molar-refractivity contribution in [3.05, 3.63) is 52.8 Å². The molecule has 2 aromatic rings. The SMILES string of the molecule is COc1ccc(NC(=O)c2ccc(Cl)nc2)c(C(=O)NC2CC2)c1. The van der Waals surface area contributed by atoms with Gasteiger partial charge >= 0.3 is 0 Å². The van der Waals surface area contributed by atoms with Gasteiger partial charge in [-0.25, -0.2) is 4.98 Å². The zero-order valence-corrected chi connectivity index (χ0v) is 13.8. The summed E-state index contributed by atoms with van der Waals surface area (Å²) in [4.78, 5) is 28.6. The van der Waals surface area contributed by atoms with Crippen molar-refractivity contribution < 1.29 is 14.3 Å². The van der Waals surface area contributed by atoms with Gasteiger partial charge in [0.2, 0.25) is 0 Å². The lowest BCUT2D eigenvalue weighted by Gasteiger charge is -2.13. The molecule has 1 aliphatic rings. The van der Waals surface area contributed by atoms with Crippen molar-refractivity contribution in [2.24, 2.45) is 0 Å². The average Bonchev–Trinajstić information content (AvgIpc) is 3.39. The summed E-state index contributed by atoms with van der Waals surface area (Å²) < 4.78 is 5.17. The van der Waals surface area contributed by atoms with Crippen molar-refractivity contribution in [1.29, 1.82) is 0 Å². The maximum atomic E-state index is 12.4. The van der Waals surface area contributed by atoms with Crippen molar-refractivity contribution >= 4 is 29.1 Å². The van der Waals surface area contributed by atoms with Gasteiger partial charge in [-0.1, -0.05) is 11.6 Å². The molecule has 1 aromatic carbocycles. The molecule has 6 nitrogen and oxygen atoms in total. The molecular weight excluding hydrogens is 330 g/mol. The lowest BCUT2D eigenvalue weighted by molar-refractivity contribution is 0.0951. The Morgan fingerprint density at radius 1 is 1.21 bits per heavy atom. The number of anilines is 1. The Kier molecular flexibility index (Phi) is 4.66. The third kappa shape index (κ3) is 3.83. The number of hydrogen-bond acceptors (Lipinski definition) is 4. The first-order valence-electron chi connectivity index (χ1n) is 7.48. The smallest absolute Gasteiger partial charge is 0.257 e. The van der Waals surface area contributed by atoms with Crippen molar-refractivity contribution in [2.75, 3.05) is 12.4 Å². The second-order valence-corrected chi connectivity index (χ2v) is 5.87. The Bertz CT molecular complexity index is 773. The minimum Gasteiger partial charge on any atom is -0.497 e. The first-order valence-corrected chi connectivity index (χ1v) is 7.86. The molecule has 2 N–H and O–H groups in total. The minimum atomic E-state index is -0.371. The minimum absolute atomic E-state index is 0.215. The molecule has 1 fully saturated rings. The Morgan fingerprint density at radius 2 is 2.00 bits per heavy atom. The quantitative estimate of drug-likeness (QED) is 0.816. The molecule has 0 atom stereocenters. The van der Waals surface area contributed by atoms with Crippen LogP contribution in [0.15, 0.2) is 36.5 Å². The summed E-state index contributed by atoms with van der Waals surface area (Å²) in [5, 5.41) is 5.95. The van der Waals surface area contributed by atoms with Gasteiger partial charge in [-0.15, -0.1) is 0 Å². The fraction of sp³-hybridized carbons (Fsp3) is 0.235. The van der Waals surface area contributed by atoms with Gasteiger partial charge in [0.15, 0.2) is 0 Å². The van der Waals surface area contributed by atoms with E-state index in [1.54, 1.807) is 24.3 Å². The number of hydrogen-bond donors (Lipinski definition) is 2. The lowest BCUT2D eigenvalue weighted by atomic mass is 10.1. The zero-order valence-electron chi connectivity index (χ0n) is 13.0. The highest BCUT2D eigenvalue weighted by molar-refractivity contribution is 6.29. The molecule has 1 aliphatic carbocycles. The van der Waals surface area contributed by atoms with Crippen LogP contribution in [0.1, 0.15) is 33.6 Å². The van der Waals surface area contributed by atoms with E-state index in [1.165, 1.54) is 19.4 Å². The first kappa shape index (κ1) is 16.3. The molecule has 1 saturated carbocycles. The van der Waals surface area contributed by atoms with E-state index in [0.717, 1.165) is 12.8 Å². The highest BCUT2D eigenvalue weighted by atomic mass is 35.5. The standard InChI is InChI=1S/C17H16ClN3O3/c1-24-12-5-6-14(13(8-12)17(23)20-11-3-4-11)21-16(22)10-2-7-15(18)19-9-10/h2,5-9,11H,3-4H2,1H3,(H,20,23)(H,21,22). The number of methoxy groups -OCH3 is 1. The van der Waals surface area contributed by atoms with Crippen LogP contribution in [0.5, 0.6) is 5.75 Å². The summed E-state index contributed by atoms with van der Waals surface area (Å²) in [6.45, 7) is 0. The van der Waals surface area contributed by atoms with Gasteiger partial charge in [0.1, 0.15) is 10.9 Å². The van der Waals surface area contributed by atoms with Crippen LogP contribution < -0.4 is 15.4 Å². The molecule has 0 aliphatic heterocycles. The third-order valence-corrected chi connectivity index (χ3v) is 3.85. The number of rotatable bonds is 5. The van der Waals surface area contributed by atoms with Crippen molar-refractivity contribution in [3.63, 3.8) is 0 Å². The predicted molar refractivity (Wildman–Crippen MR) is 90.7 cm³/mol. The first-order chi connectivity index (χ1) is 11.6. The summed E-state index contributed by atoms with van der Waals surface area (Å²) in [7, 11) is 1.52. The van der Waals surface area contributed by atoms with Gasteiger partial charge < -0.3 is 15.4 Å². The van der Waals surface area contributed by atoms with Gasteiger partial charge in [0, 0.05) is 12.2 Å². The highest BCUT2D eigenvalue weighted by Gasteiger charge is 2.25. The van der Waals surface area contributed by atoms with E-state index in [-0.39, 0.29) is 17.9 Å². The fourth-order valence-corrected chi connectivity index (χ4v) is 2.25. The molecule has 0 radical (unpaired) electrons. The van der Waals surface area contributed by atoms with Gasteiger partial charge in [0.25, 0.3) is 11.8 Å². The summed E-state index contributed by atoms with van der Waals surface area (Å²) >= 11 is 5.72. The number of pyridine rings is 1. The number of nitrogens with zero attached hydrogens (tertiary/aromatic N) is 1. The van der Waals surface area contributed by atoms with Crippen LogP contribution in [0, 0.1) is 0 Å². The number of amides is 2. The number of ether oxygens (including phenoxy) is 1. The van der Waals surface area contributed by atoms with Gasteiger partial charge in [-0.3, -0.25) is 9.59 Å². The molecule has 1 aromatic heterocycles. The average molecular weight is 346 g/mol. The number of nitrogens with one attached hydrogen (secondary N) is 2. The number of carbonyl (C=O) groups excluding carboxylic acids is 2. The summed E-state index contributed by atoms with van der Waals surface area (Å²) in [5.41, 5.74) is 1.12. The maximum Gasteiger partial charge on any atom is 0.257 e. The Balaban J connectivity index is 1.84. The summed E-state index contributed by atoms with van der Waals surface area (Å²) in [5.74, 6) is -0.0622. The van der Waals surface area contributed by atoms with Crippen molar-refractivity contribution in [1.82, 2.24) is 10.3 Å². The Labute approximate surface area is 144 Å². The van der Waals surface area contributed by atoms with Crippen LogP contribution >= 0.6 is 11.6 Å². The molecule has 0 unspecified atom stereocenters. The Hall–Kier alpha value is -2.60. The van der Waals surface area contributed by atoms with Crippen LogP contribution in [0.4, 0.5) is 5.69 Å². The molecule has 0 spiro atoms. The molecule has 0 bridgehead atoms. The molecule has 24 heavy (non-hydrogen) atoms. The van der Waals surface area contributed by atoms with Crippen molar-refractivity contribution in [2.45, 2.75) is 18.9 Å². The molecule has 0 saturated heterocycles. The Morgan fingerprint density at radius 3 is 2.62 bits per heavy atom. The van der Waals surface area contributed by atoms with Crippen LogP contribution in [0.2, 0.25) is 5.15 Å². The van der Waals surface area contributed by atoms with Crippen LogP contribution in [-0.2, 0) is 0 Å². The van der Waals surface area contributed by atoms with Gasteiger partial charge in [-0.05, 0) is 43.2 Å². The molecule has 2 amide bonds. The largest absolute Gasteiger partial charge is 0.497 e. The molecule has 124 valence electrons. The van der Waals surface area contributed by atoms with Crippen LogP contribution in [0.25, 0.3) is 0 Å². The lowest BCUT2D eigenvalue weighted by Crippen LogP contribution is -2.27. The zero-order chi connectivity index (χ0) is 17.1. The van der Waals surface area contributed by atoms with E-state index in [4.69, 9.17) is 16.3 Å². The number of halogens is 1. The number of benzene rings is 1. The second-order valence-electron chi connectivity index (χ2n) is 5.48. The number of carbonyl (C=O) groups is 2. The molecule has 1 heterocycles. The summed E-state index contributed by atoms with van der Waals surface area (Å²) in [6.07, 6.45) is 3.34. The van der Waals surface area contributed by atoms with Crippen LogP contribution in [-0.4, -0.2) is 29.9 Å². The van der Waals surface area contributed by atoms with Crippen LogP contribution in [0.3, 0.4) is 0 Å². The van der Waals surface area contributed by atoms with E-state index in [9.17, 15) is 9.59 Å². The normalized spacial score (nSPS) is 13.2. The molecule has 7 heteroatoms. The van der Waals surface area contributed by atoms with E-state index < -0.39 is 0 Å². The van der Waals surface area contributed by atoms with E-state index in [1.807, 2.05) is 0 Å². The number of aromatic nitrogens is 1. The second kappa shape index (κ2) is 6.88. The monoisotopic (exact) mass is 345 g/mol. The topological polar surface area (TPSA) is 80.3 Å². The van der Waals surface area contributed by atoms with E-state index in [0.29, 0.717) is 27.7 Å². The van der Waals surface area contributed by atoms with E-state index in [2.05, 4.69) is 15.6 Å². The molecule has 3 rings (SSSR count).